The highest BCUT2D eigenvalue weighted by Gasteiger charge is 2.33. The van der Waals surface area contributed by atoms with Gasteiger partial charge in [0.2, 0.25) is 12.0 Å². The number of hydrogen-bond donors (Lipinski definition) is 2. The normalized spacial score (nSPS) is 16.6. The van der Waals surface area contributed by atoms with Crippen LogP contribution in [-0.4, -0.2) is 49.9 Å². The number of carbonyl (C=O) groups excluding carboxylic acids is 2. The van der Waals surface area contributed by atoms with E-state index in [0.717, 1.165) is 17.5 Å². The molecule has 10 heteroatoms. The number of fused-ring (bicyclic) bond motifs is 2. The van der Waals surface area contributed by atoms with Crippen molar-refractivity contribution in [3.8, 4) is 17.1 Å². The van der Waals surface area contributed by atoms with Gasteiger partial charge in [-0.05, 0) is 19.9 Å². The van der Waals surface area contributed by atoms with Crippen molar-refractivity contribution in [2.45, 2.75) is 39.0 Å². The van der Waals surface area contributed by atoms with E-state index in [1.54, 1.807) is 10.9 Å². The van der Waals surface area contributed by atoms with Gasteiger partial charge in [-0.1, -0.05) is 48.5 Å². The molecule has 0 spiro atoms. The fourth-order valence-corrected chi connectivity index (χ4v) is 4.65. The molecule has 0 aliphatic carbocycles. The van der Waals surface area contributed by atoms with E-state index in [-0.39, 0.29) is 11.6 Å². The number of nitrogens with one attached hydrogen (secondary N) is 2. The van der Waals surface area contributed by atoms with Gasteiger partial charge in [-0.2, -0.15) is 10.2 Å². The number of benzodiazepines with no additional fused rings is 1. The molecule has 0 saturated heterocycles. The Morgan fingerprint density at radius 3 is 2.68 bits per heavy atom. The molecular formula is C28H27N7O3. The van der Waals surface area contributed by atoms with Gasteiger partial charge in [0, 0.05) is 41.9 Å². The first-order valence-electron chi connectivity index (χ1n) is 12.6. The number of hydrogen-bond acceptors (Lipinski definition) is 6. The van der Waals surface area contributed by atoms with Crippen LogP contribution < -0.4 is 15.4 Å². The average Bonchev–Trinajstić information content (AvgIpc) is 3.54. The third-order valence-corrected chi connectivity index (χ3v) is 6.55. The number of rotatable bonds is 5. The maximum atomic E-state index is 13.8. The maximum Gasteiger partial charge on any atom is 0.269 e. The second-order valence-corrected chi connectivity index (χ2v) is 9.51. The zero-order valence-corrected chi connectivity index (χ0v) is 21.1. The molecular weight excluding hydrogens is 482 g/mol. The smallest absolute Gasteiger partial charge is 0.269 e. The largest absolute Gasteiger partial charge is 0.477 e. The number of aromatic nitrogens is 4. The zero-order valence-electron chi connectivity index (χ0n) is 21.1. The third kappa shape index (κ3) is 4.23. The van der Waals surface area contributed by atoms with Crippen LogP contribution >= 0.6 is 0 Å². The second-order valence-electron chi connectivity index (χ2n) is 9.51. The number of anilines is 1. The quantitative estimate of drug-likeness (QED) is 0.426. The second kappa shape index (κ2) is 9.62. The summed E-state index contributed by atoms with van der Waals surface area (Å²) >= 11 is 0. The molecule has 4 aromatic rings. The van der Waals surface area contributed by atoms with Crippen LogP contribution in [0.4, 0.5) is 5.69 Å². The summed E-state index contributed by atoms with van der Waals surface area (Å²) in [5.41, 5.74) is 4.26. The molecule has 192 valence electrons. The summed E-state index contributed by atoms with van der Waals surface area (Å²) in [7, 11) is 0. The van der Waals surface area contributed by atoms with Gasteiger partial charge in [-0.15, -0.1) is 0 Å². The van der Waals surface area contributed by atoms with Crippen molar-refractivity contribution < 1.29 is 14.3 Å². The van der Waals surface area contributed by atoms with Crippen molar-refractivity contribution in [2.75, 3.05) is 11.9 Å². The molecule has 4 heterocycles. The number of aliphatic imine (C=N–C) groups is 1. The molecule has 0 radical (unpaired) electrons. The molecule has 0 bridgehead atoms. The van der Waals surface area contributed by atoms with Crippen molar-refractivity contribution in [3.63, 3.8) is 0 Å². The van der Waals surface area contributed by atoms with Crippen LogP contribution in [-0.2, 0) is 11.3 Å². The van der Waals surface area contributed by atoms with Gasteiger partial charge in [-0.25, -0.2) is 9.67 Å². The fraction of sp³-hybridized carbons (Fsp3) is 0.250. The highest BCUT2D eigenvalue weighted by Crippen LogP contribution is 2.33. The van der Waals surface area contributed by atoms with Crippen LogP contribution in [0.25, 0.3) is 11.3 Å². The molecule has 1 atom stereocenters. The molecule has 38 heavy (non-hydrogen) atoms. The first-order chi connectivity index (χ1) is 18.5. The van der Waals surface area contributed by atoms with Crippen molar-refractivity contribution in [3.05, 3.63) is 83.7 Å². The molecule has 0 fully saturated rings. The third-order valence-electron chi connectivity index (χ3n) is 6.55. The lowest BCUT2D eigenvalue weighted by atomic mass is 10.0. The number of benzene rings is 2. The number of para-hydroxylation sites is 1. The Hall–Kier alpha value is -4.73. The average molecular weight is 510 g/mol. The molecule has 2 aliphatic heterocycles. The topological polar surface area (TPSA) is 115 Å². The Balaban J connectivity index is 1.40. The maximum absolute atomic E-state index is 13.8. The SMILES string of the molecule is CC(C)n1cc(-c2nn3c(c2C(=O)N[C@H]2N=C(c4ccccc4)c4ccccc4NC2=O)OCCC3)cn1. The summed E-state index contributed by atoms with van der Waals surface area (Å²) in [6.07, 6.45) is 3.16. The lowest BCUT2D eigenvalue weighted by Crippen LogP contribution is -2.42. The highest BCUT2D eigenvalue weighted by atomic mass is 16.5. The van der Waals surface area contributed by atoms with Crippen molar-refractivity contribution in [1.82, 2.24) is 24.9 Å². The minimum absolute atomic E-state index is 0.150. The minimum atomic E-state index is -1.17. The molecule has 0 unspecified atom stereocenters. The molecule has 2 aromatic carbocycles. The molecule has 2 amide bonds. The Bertz CT molecular complexity index is 1550. The van der Waals surface area contributed by atoms with E-state index in [9.17, 15) is 9.59 Å². The van der Waals surface area contributed by atoms with Gasteiger partial charge in [-0.3, -0.25) is 14.3 Å². The molecule has 6 rings (SSSR count). The summed E-state index contributed by atoms with van der Waals surface area (Å²) in [5, 5.41) is 14.8. The summed E-state index contributed by atoms with van der Waals surface area (Å²) in [6.45, 7) is 5.16. The molecule has 2 aromatic heterocycles. The Labute approximate surface area is 219 Å². The first kappa shape index (κ1) is 23.7. The predicted molar refractivity (Wildman–Crippen MR) is 142 cm³/mol. The van der Waals surface area contributed by atoms with Gasteiger partial charge < -0.3 is 15.4 Å². The van der Waals surface area contributed by atoms with E-state index < -0.39 is 18.0 Å². The fourth-order valence-electron chi connectivity index (χ4n) is 4.65. The van der Waals surface area contributed by atoms with Crippen LogP contribution in [0, 0.1) is 0 Å². The molecule has 2 aliphatic rings. The molecule has 2 N–H and O–H groups in total. The van der Waals surface area contributed by atoms with E-state index >= 15 is 0 Å². The number of amides is 2. The monoisotopic (exact) mass is 509 g/mol. The van der Waals surface area contributed by atoms with Crippen molar-refractivity contribution in [2.24, 2.45) is 4.99 Å². The Kier molecular flexibility index (Phi) is 5.99. The summed E-state index contributed by atoms with van der Waals surface area (Å²) < 4.78 is 9.39. The van der Waals surface area contributed by atoms with Gasteiger partial charge in [0.1, 0.15) is 11.3 Å². The predicted octanol–water partition coefficient (Wildman–Crippen LogP) is 3.66. The number of aryl methyl sites for hydroxylation is 1. The zero-order chi connectivity index (χ0) is 26.2. The van der Waals surface area contributed by atoms with Crippen LogP contribution in [0.5, 0.6) is 5.88 Å². The number of ether oxygens (including phenoxy) is 1. The van der Waals surface area contributed by atoms with Gasteiger partial charge >= 0.3 is 0 Å². The minimum Gasteiger partial charge on any atom is -0.477 e. The molecule has 0 saturated carbocycles. The van der Waals surface area contributed by atoms with Gasteiger partial charge in [0.15, 0.2) is 0 Å². The van der Waals surface area contributed by atoms with Crippen molar-refractivity contribution in [1.29, 1.82) is 0 Å². The number of nitrogens with zero attached hydrogens (tertiary/aromatic N) is 5. The van der Waals surface area contributed by atoms with E-state index in [4.69, 9.17) is 9.73 Å². The molecule has 10 nitrogen and oxygen atoms in total. The Morgan fingerprint density at radius 2 is 1.89 bits per heavy atom. The van der Waals surface area contributed by atoms with Crippen LogP contribution in [0.15, 0.2) is 72.0 Å². The summed E-state index contributed by atoms with van der Waals surface area (Å²) in [6, 6.07) is 17.2. The van der Waals surface area contributed by atoms with E-state index in [2.05, 4.69) is 20.8 Å². The Morgan fingerprint density at radius 1 is 1.11 bits per heavy atom. The standard InChI is InChI=1S/C28H27N7O3/c1-17(2)35-16-19(15-29-35)24-22(28-34(33-24)13-8-14-38-28)26(36)32-25-27(37)30-21-12-7-6-11-20(21)23(31-25)18-9-4-3-5-10-18/h3-7,9-12,15-17,25H,8,13-14H2,1-2H3,(H,30,37)(H,32,36)/t25-/m1/s1. The van der Waals surface area contributed by atoms with Gasteiger partial charge in [0.05, 0.1) is 24.2 Å². The van der Waals surface area contributed by atoms with Crippen molar-refractivity contribution >= 4 is 23.2 Å². The summed E-state index contributed by atoms with van der Waals surface area (Å²) in [4.78, 5) is 31.9. The van der Waals surface area contributed by atoms with E-state index in [1.165, 1.54) is 0 Å². The number of carbonyl (C=O) groups is 2. The summed E-state index contributed by atoms with van der Waals surface area (Å²) in [5.74, 6) is -0.554. The van der Waals surface area contributed by atoms with E-state index in [0.29, 0.717) is 41.7 Å². The van der Waals surface area contributed by atoms with Gasteiger partial charge in [0.25, 0.3) is 11.8 Å². The highest BCUT2D eigenvalue weighted by molar-refractivity contribution is 6.20. The van der Waals surface area contributed by atoms with E-state index in [1.807, 2.05) is 79.3 Å². The van der Waals surface area contributed by atoms with Crippen LogP contribution in [0.3, 0.4) is 0 Å². The van der Waals surface area contributed by atoms with Crippen LogP contribution in [0.1, 0.15) is 47.8 Å². The lowest BCUT2D eigenvalue weighted by Gasteiger charge is -2.17. The lowest BCUT2D eigenvalue weighted by molar-refractivity contribution is -0.117. The van der Waals surface area contributed by atoms with Crippen LogP contribution in [0.2, 0.25) is 0 Å². The first-order valence-corrected chi connectivity index (χ1v) is 12.6.